The number of nitrogens with zero attached hydrogens (tertiary/aromatic N) is 4. The molecule has 0 spiro atoms. The number of hydrogen-bond donors (Lipinski definition) is 3. The Labute approximate surface area is 320 Å². The molecule has 5 aromatic rings. The molecule has 1 aliphatic heterocycles. The van der Waals surface area contributed by atoms with Crippen molar-refractivity contribution in [2.24, 2.45) is 5.92 Å². The fourth-order valence-corrected chi connectivity index (χ4v) is 7.85. The molecule has 1 amide bonds. The molecule has 2 atom stereocenters. The summed E-state index contributed by atoms with van der Waals surface area (Å²) in [5.74, 6) is 0.849. The number of morpholine rings is 1. The number of amides is 1. The van der Waals surface area contributed by atoms with Crippen LogP contribution in [-0.2, 0) is 19.9 Å². The smallest absolute Gasteiger partial charge is 0.280 e. The molecule has 1 aliphatic carbocycles. The highest BCUT2D eigenvalue weighted by Crippen LogP contribution is 2.44. The number of carbonyl (C=O) groups is 1. The number of hydrogen-bond acceptors (Lipinski definition) is 10. The van der Waals surface area contributed by atoms with Gasteiger partial charge in [-0.15, -0.1) is 0 Å². The summed E-state index contributed by atoms with van der Waals surface area (Å²) in [6, 6.07) is 25.9. The van der Waals surface area contributed by atoms with E-state index in [9.17, 15) is 14.7 Å². The number of anilines is 1. The first-order chi connectivity index (χ1) is 26.7. The summed E-state index contributed by atoms with van der Waals surface area (Å²) in [7, 11) is 3.27. The van der Waals surface area contributed by atoms with Crippen LogP contribution in [0.3, 0.4) is 0 Å². The molecule has 3 N–H and O–H groups in total. The molecule has 13 heteroatoms. The second kappa shape index (κ2) is 16.3. The Kier molecular flexibility index (Phi) is 11.3. The van der Waals surface area contributed by atoms with Crippen molar-refractivity contribution in [3.8, 4) is 11.5 Å². The lowest BCUT2D eigenvalue weighted by Gasteiger charge is -2.50. The second-order valence-electron chi connectivity index (χ2n) is 14.8. The lowest BCUT2D eigenvalue weighted by molar-refractivity contribution is -0.234. The van der Waals surface area contributed by atoms with Gasteiger partial charge in [-0.3, -0.25) is 29.4 Å². The minimum absolute atomic E-state index is 0.00743. The fourth-order valence-electron chi connectivity index (χ4n) is 7.85. The van der Waals surface area contributed by atoms with E-state index in [1.54, 1.807) is 39.0 Å². The highest BCUT2D eigenvalue weighted by atomic mass is 16.6. The van der Waals surface area contributed by atoms with Gasteiger partial charge in [0.2, 0.25) is 11.9 Å². The molecule has 13 nitrogen and oxygen atoms in total. The Bertz CT molecular complexity index is 2070. The van der Waals surface area contributed by atoms with Gasteiger partial charge in [0.1, 0.15) is 28.9 Å². The van der Waals surface area contributed by atoms with E-state index in [4.69, 9.17) is 18.9 Å². The molecule has 0 radical (unpaired) electrons. The number of H-pyrrole nitrogens is 1. The number of fused-ring (bicyclic) bond motifs is 1. The third kappa shape index (κ3) is 7.75. The molecular formula is C42H50N6O7. The number of ether oxygens (including phenoxy) is 4. The molecule has 1 saturated heterocycles. The third-order valence-corrected chi connectivity index (χ3v) is 10.9. The van der Waals surface area contributed by atoms with E-state index < -0.39 is 23.0 Å². The molecule has 2 fully saturated rings. The van der Waals surface area contributed by atoms with Gasteiger partial charge in [0.05, 0.1) is 33.8 Å². The summed E-state index contributed by atoms with van der Waals surface area (Å²) in [6.07, 6.45) is 6.31. The molecule has 3 aromatic carbocycles. The normalized spacial score (nSPS) is 19.8. The van der Waals surface area contributed by atoms with E-state index in [2.05, 4.69) is 25.2 Å². The van der Waals surface area contributed by atoms with Crippen LogP contribution in [0.5, 0.6) is 11.5 Å². The number of benzene rings is 3. The Morgan fingerprint density at radius 2 is 1.58 bits per heavy atom. The summed E-state index contributed by atoms with van der Waals surface area (Å²) in [6.45, 7) is 4.06. The molecular weight excluding hydrogens is 700 g/mol. The minimum Gasteiger partial charge on any atom is -0.497 e. The molecule has 0 unspecified atom stereocenters. The number of carbonyl (C=O) groups excluding carboxylic acids is 1. The number of aromatic nitrogens is 4. The van der Waals surface area contributed by atoms with Gasteiger partial charge in [-0.25, -0.2) is 4.98 Å². The van der Waals surface area contributed by atoms with Crippen LogP contribution in [0.1, 0.15) is 68.9 Å². The fraction of sp³-hybridized carbons (Fsp3) is 0.429. The summed E-state index contributed by atoms with van der Waals surface area (Å²) in [4.78, 5) is 39.8. The van der Waals surface area contributed by atoms with Crippen molar-refractivity contribution in [3.63, 3.8) is 0 Å². The summed E-state index contributed by atoms with van der Waals surface area (Å²) in [5.41, 5.74) is 0.138. The zero-order chi connectivity index (χ0) is 38.6. The Morgan fingerprint density at radius 1 is 0.964 bits per heavy atom. The number of aromatic amines is 1. The van der Waals surface area contributed by atoms with Crippen molar-refractivity contribution in [1.29, 1.82) is 0 Å². The van der Waals surface area contributed by atoms with Crippen LogP contribution in [0, 0.1) is 5.92 Å². The van der Waals surface area contributed by atoms with E-state index in [-0.39, 0.29) is 48.2 Å². The predicted octanol–water partition coefficient (Wildman–Crippen LogP) is 5.63. The Morgan fingerprint density at radius 3 is 2.16 bits per heavy atom. The van der Waals surface area contributed by atoms with E-state index >= 15 is 0 Å². The van der Waals surface area contributed by atoms with E-state index in [1.807, 2.05) is 78.9 Å². The number of imidazole rings is 1. The van der Waals surface area contributed by atoms with Crippen molar-refractivity contribution in [1.82, 2.24) is 24.4 Å². The number of methoxy groups -OCH3 is 2. The van der Waals surface area contributed by atoms with Crippen LogP contribution in [0.2, 0.25) is 0 Å². The van der Waals surface area contributed by atoms with Crippen LogP contribution >= 0.6 is 0 Å². The zero-order valence-electron chi connectivity index (χ0n) is 31.9. The first-order valence-electron chi connectivity index (χ1n) is 19.0. The first kappa shape index (κ1) is 38.2. The van der Waals surface area contributed by atoms with E-state index in [0.29, 0.717) is 24.6 Å². The van der Waals surface area contributed by atoms with Crippen molar-refractivity contribution < 1.29 is 28.8 Å². The van der Waals surface area contributed by atoms with Gasteiger partial charge in [0, 0.05) is 25.0 Å². The lowest BCUT2D eigenvalue weighted by atomic mass is 9.79. The van der Waals surface area contributed by atoms with Crippen LogP contribution in [0.15, 0.2) is 90.0 Å². The van der Waals surface area contributed by atoms with Gasteiger partial charge in [-0.2, -0.15) is 4.98 Å². The quantitative estimate of drug-likeness (QED) is 0.129. The average molecular weight is 751 g/mol. The number of nitrogens with one attached hydrogen (secondary N) is 2. The zero-order valence-corrected chi connectivity index (χ0v) is 31.9. The number of rotatable bonds is 13. The maximum absolute atomic E-state index is 13.2. The van der Waals surface area contributed by atoms with Gasteiger partial charge < -0.3 is 24.1 Å². The number of aliphatic hydroxyl groups excluding tert-OH is 1. The first-order valence-corrected chi connectivity index (χ1v) is 19.0. The van der Waals surface area contributed by atoms with Gasteiger partial charge in [0.25, 0.3) is 5.56 Å². The topological polar surface area (TPSA) is 153 Å². The lowest BCUT2D eigenvalue weighted by Crippen LogP contribution is -2.61. The van der Waals surface area contributed by atoms with Gasteiger partial charge in [0.15, 0.2) is 11.2 Å². The summed E-state index contributed by atoms with van der Waals surface area (Å²) < 4.78 is 27.1. The van der Waals surface area contributed by atoms with Crippen molar-refractivity contribution in [3.05, 3.63) is 112 Å². The van der Waals surface area contributed by atoms with Crippen LogP contribution in [0.25, 0.3) is 11.2 Å². The third-order valence-electron chi connectivity index (χ3n) is 10.9. The summed E-state index contributed by atoms with van der Waals surface area (Å²) in [5, 5.41) is 14.2. The minimum atomic E-state index is -1.22. The standard InChI is InChI=1S/C42H50N6O7/c1-28(2)38(50)45-40-44-37-36(39(51)46-40)43-27-48(37)35-23-47(32-13-9-6-10-14-32)24-41(25-49,55-35)26-54-42(29-11-7-5-8-12-29,30-15-19-33(52-3)20-16-30)31-17-21-34(53-4)22-18-31/h5,7-8,11-12,15-22,27-28,32,35,49H,6,9-10,13-14,23-26H2,1-4H3,(H2,44,45,46,50,51)/t35-,41-/m1/s1. The Balaban J connectivity index is 1.32. The Hall–Kier alpha value is -5.08. The van der Waals surface area contributed by atoms with Crippen molar-refractivity contribution >= 4 is 23.0 Å². The molecule has 2 aromatic heterocycles. The van der Waals surface area contributed by atoms with Crippen LogP contribution in [-0.4, -0.2) is 87.6 Å². The molecule has 7 rings (SSSR count). The molecule has 1 saturated carbocycles. The monoisotopic (exact) mass is 750 g/mol. The maximum atomic E-state index is 13.2. The van der Waals surface area contributed by atoms with Gasteiger partial charge >= 0.3 is 0 Å². The van der Waals surface area contributed by atoms with Crippen molar-refractivity contribution in [2.75, 3.05) is 45.8 Å². The average Bonchev–Trinajstić information content (AvgIpc) is 3.67. The van der Waals surface area contributed by atoms with E-state index in [1.165, 1.54) is 6.42 Å². The molecule has 55 heavy (non-hydrogen) atoms. The molecule has 2 aliphatic rings. The largest absolute Gasteiger partial charge is 0.497 e. The van der Waals surface area contributed by atoms with Crippen LogP contribution in [0.4, 0.5) is 5.95 Å². The summed E-state index contributed by atoms with van der Waals surface area (Å²) >= 11 is 0. The molecule has 290 valence electrons. The van der Waals surface area contributed by atoms with Gasteiger partial charge in [-0.1, -0.05) is 87.7 Å². The SMILES string of the molecule is COc1ccc(C(OC[C@]2(CO)CN(C3CCCCC3)C[C@H](n3cnc4c(=O)[nH]c(NC(=O)C(C)C)nc43)O2)(c2ccccc2)c2ccc(OC)cc2)cc1. The van der Waals surface area contributed by atoms with Crippen LogP contribution < -0.4 is 20.3 Å². The molecule has 0 bridgehead atoms. The second-order valence-corrected chi connectivity index (χ2v) is 14.8. The van der Waals surface area contributed by atoms with E-state index in [0.717, 1.165) is 42.4 Å². The van der Waals surface area contributed by atoms with Gasteiger partial charge in [-0.05, 0) is 53.8 Å². The highest BCUT2D eigenvalue weighted by molar-refractivity contribution is 5.91. The molecule has 3 heterocycles. The predicted molar refractivity (Wildman–Crippen MR) is 208 cm³/mol. The maximum Gasteiger partial charge on any atom is 0.280 e. The highest BCUT2D eigenvalue weighted by Gasteiger charge is 2.47. The number of aliphatic hydroxyl groups is 1. The van der Waals surface area contributed by atoms with Crippen molar-refractivity contribution in [2.45, 2.75) is 69.4 Å².